The Bertz CT molecular complexity index is 955. The van der Waals surface area contributed by atoms with Gasteiger partial charge in [-0.3, -0.25) is 14.5 Å². The number of sulfone groups is 1. The molecule has 2 amide bonds. The molecule has 0 unspecified atom stereocenters. The summed E-state index contributed by atoms with van der Waals surface area (Å²) >= 11 is 6.40. The Morgan fingerprint density at radius 2 is 2.07 bits per heavy atom. The molecule has 2 saturated heterocycles. The summed E-state index contributed by atoms with van der Waals surface area (Å²) in [6, 6.07) is 9.34. The monoisotopic (exact) mass is 436 g/mol. The molecule has 2 heterocycles. The van der Waals surface area contributed by atoms with Gasteiger partial charge in [0.15, 0.2) is 9.84 Å². The van der Waals surface area contributed by atoms with E-state index in [1.54, 1.807) is 19.2 Å². The van der Waals surface area contributed by atoms with Crippen LogP contribution in [0.15, 0.2) is 47.4 Å². The Morgan fingerprint density at radius 3 is 2.71 bits per heavy atom. The molecule has 0 aliphatic carbocycles. The van der Waals surface area contributed by atoms with Crippen molar-refractivity contribution >= 4 is 56.0 Å². The molecular weight excluding hydrogens is 416 g/mol. The second-order valence-electron chi connectivity index (χ2n) is 6.62. The number of thioether (sulfide) groups is 1. The summed E-state index contributed by atoms with van der Waals surface area (Å²) in [6.45, 7) is -0.183. The number of carbonyl (C=O) groups excluding carboxylic acids is 2. The summed E-state index contributed by atoms with van der Waals surface area (Å²) in [5, 5.41) is 0. The summed E-state index contributed by atoms with van der Waals surface area (Å²) in [5.74, 6) is -0.571. The van der Waals surface area contributed by atoms with E-state index in [-0.39, 0.29) is 35.9 Å². The lowest BCUT2D eigenvalue weighted by Gasteiger charge is -2.25. The highest BCUT2D eigenvalue weighted by molar-refractivity contribution is 8.26. The Kier molecular flexibility index (Phi) is 6.36. The van der Waals surface area contributed by atoms with E-state index in [4.69, 9.17) is 12.2 Å². The van der Waals surface area contributed by atoms with Gasteiger partial charge in [-0.25, -0.2) is 8.42 Å². The molecule has 0 spiro atoms. The van der Waals surface area contributed by atoms with Crippen LogP contribution in [0.2, 0.25) is 0 Å². The predicted molar refractivity (Wildman–Crippen MR) is 115 cm³/mol. The lowest BCUT2D eigenvalue weighted by atomic mass is 10.2. The van der Waals surface area contributed by atoms with Crippen molar-refractivity contribution in [1.29, 1.82) is 0 Å². The number of allylic oxidation sites excluding steroid dienone is 2. The van der Waals surface area contributed by atoms with Gasteiger partial charge in [-0.05, 0) is 18.1 Å². The van der Waals surface area contributed by atoms with Crippen LogP contribution in [-0.2, 0) is 19.4 Å². The molecule has 0 radical (unpaired) electrons. The molecule has 2 aliphatic rings. The van der Waals surface area contributed by atoms with E-state index in [0.29, 0.717) is 15.6 Å². The maximum Gasteiger partial charge on any atom is 0.266 e. The molecule has 6 nitrogen and oxygen atoms in total. The maximum atomic E-state index is 12.6. The van der Waals surface area contributed by atoms with Crippen LogP contribution in [0.5, 0.6) is 0 Å². The highest BCUT2D eigenvalue weighted by atomic mass is 32.2. The van der Waals surface area contributed by atoms with Crippen molar-refractivity contribution in [3.63, 3.8) is 0 Å². The average Bonchev–Trinajstić information content (AvgIpc) is 3.15. The third-order valence-electron chi connectivity index (χ3n) is 4.65. The lowest BCUT2D eigenvalue weighted by Crippen LogP contribution is -2.45. The average molecular weight is 437 g/mol. The first-order chi connectivity index (χ1) is 13.3. The fourth-order valence-corrected chi connectivity index (χ4v) is 5.97. The number of hydrogen-bond acceptors (Lipinski definition) is 6. The van der Waals surface area contributed by atoms with Crippen molar-refractivity contribution < 1.29 is 18.0 Å². The van der Waals surface area contributed by atoms with Crippen LogP contribution in [-0.4, -0.2) is 65.5 Å². The molecule has 28 heavy (non-hydrogen) atoms. The van der Waals surface area contributed by atoms with Crippen LogP contribution >= 0.6 is 24.0 Å². The van der Waals surface area contributed by atoms with E-state index < -0.39 is 9.84 Å². The number of nitrogens with zero attached hydrogens (tertiary/aromatic N) is 2. The van der Waals surface area contributed by atoms with Crippen LogP contribution in [0.3, 0.4) is 0 Å². The van der Waals surface area contributed by atoms with Gasteiger partial charge in [0, 0.05) is 13.1 Å². The van der Waals surface area contributed by atoms with Crippen molar-refractivity contribution in [2.75, 3.05) is 25.1 Å². The SMILES string of the molecule is CN(C(=O)CN1C(=O)/C(=C\C=C\c2ccccc2)SC1=S)[C@@H]1CCS(=O)(=O)C1. The normalized spacial score (nSPS) is 23.1. The number of carbonyl (C=O) groups is 2. The van der Waals surface area contributed by atoms with Crippen molar-refractivity contribution in [2.24, 2.45) is 0 Å². The molecule has 0 bridgehead atoms. The van der Waals surface area contributed by atoms with E-state index in [9.17, 15) is 18.0 Å². The largest absolute Gasteiger partial charge is 0.340 e. The lowest BCUT2D eigenvalue weighted by molar-refractivity contribution is -0.135. The topological polar surface area (TPSA) is 74.8 Å². The highest BCUT2D eigenvalue weighted by Gasteiger charge is 2.37. The van der Waals surface area contributed by atoms with Gasteiger partial charge in [0.1, 0.15) is 10.9 Å². The van der Waals surface area contributed by atoms with Crippen LogP contribution in [0.1, 0.15) is 12.0 Å². The van der Waals surface area contributed by atoms with Gasteiger partial charge in [0.25, 0.3) is 5.91 Å². The first-order valence-corrected chi connectivity index (χ1v) is 11.7. The third-order valence-corrected chi connectivity index (χ3v) is 7.80. The number of likely N-dealkylation sites (N-methyl/N-ethyl adjacent to an activating group) is 1. The Morgan fingerprint density at radius 1 is 1.36 bits per heavy atom. The molecule has 1 aromatic carbocycles. The molecule has 148 valence electrons. The van der Waals surface area contributed by atoms with Crippen molar-refractivity contribution in [3.8, 4) is 0 Å². The third kappa shape index (κ3) is 4.89. The Hall–Kier alpha value is -1.97. The Balaban J connectivity index is 1.62. The minimum absolute atomic E-state index is 0.0299. The Labute approximate surface area is 174 Å². The van der Waals surface area contributed by atoms with E-state index in [1.165, 1.54) is 9.80 Å². The molecule has 1 atom stereocenters. The van der Waals surface area contributed by atoms with Crippen LogP contribution in [0, 0.1) is 0 Å². The van der Waals surface area contributed by atoms with E-state index >= 15 is 0 Å². The van der Waals surface area contributed by atoms with Gasteiger partial charge in [-0.15, -0.1) is 0 Å². The second-order valence-corrected chi connectivity index (χ2v) is 10.5. The van der Waals surface area contributed by atoms with Crippen molar-refractivity contribution in [1.82, 2.24) is 9.80 Å². The zero-order valence-corrected chi connectivity index (χ0v) is 17.7. The second kappa shape index (κ2) is 8.59. The molecule has 2 aliphatic heterocycles. The zero-order chi connectivity index (χ0) is 20.3. The molecule has 0 saturated carbocycles. The number of rotatable bonds is 5. The fourth-order valence-electron chi connectivity index (χ4n) is 2.99. The van der Waals surface area contributed by atoms with Gasteiger partial charge in [-0.1, -0.05) is 66.5 Å². The van der Waals surface area contributed by atoms with Crippen LogP contribution < -0.4 is 0 Å². The summed E-state index contributed by atoms with van der Waals surface area (Å²) in [5.41, 5.74) is 1.01. The van der Waals surface area contributed by atoms with E-state index in [2.05, 4.69) is 0 Å². The number of thiocarbonyl (C=S) groups is 1. The number of hydrogen-bond donors (Lipinski definition) is 0. The van der Waals surface area contributed by atoms with Gasteiger partial charge < -0.3 is 4.90 Å². The quantitative estimate of drug-likeness (QED) is 0.520. The number of benzene rings is 1. The standard InChI is InChI=1S/C19H20N2O4S3/c1-20(15-10-11-28(24,25)13-15)17(22)12-21-18(23)16(27-19(21)26)9-5-8-14-6-3-2-4-7-14/h2-9,15H,10-13H2,1H3/b8-5+,16-9+/t15-/m1/s1. The van der Waals surface area contributed by atoms with Crippen molar-refractivity contribution in [3.05, 3.63) is 53.0 Å². The number of amides is 2. The van der Waals surface area contributed by atoms with Gasteiger partial charge in [0.05, 0.1) is 16.4 Å². The van der Waals surface area contributed by atoms with Crippen LogP contribution in [0.4, 0.5) is 0 Å². The first kappa shape index (κ1) is 20.8. The molecule has 0 aromatic heterocycles. The van der Waals surface area contributed by atoms with Crippen molar-refractivity contribution in [2.45, 2.75) is 12.5 Å². The maximum absolute atomic E-state index is 12.6. The summed E-state index contributed by atoms with van der Waals surface area (Å²) < 4.78 is 23.6. The molecule has 0 N–H and O–H groups in total. The molecule has 2 fully saturated rings. The van der Waals surface area contributed by atoms with Gasteiger partial charge >= 0.3 is 0 Å². The zero-order valence-electron chi connectivity index (χ0n) is 15.3. The minimum Gasteiger partial charge on any atom is -0.340 e. The smallest absolute Gasteiger partial charge is 0.266 e. The van der Waals surface area contributed by atoms with Crippen LogP contribution in [0.25, 0.3) is 6.08 Å². The fraction of sp³-hybridized carbons (Fsp3) is 0.316. The molecule has 1 aromatic rings. The van der Waals surface area contributed by atoms with Gasteiger partial charge in [0.2, 0.25) is 5.91 Å². The molecule has 9 heteroatoms. The summed E-state index contributed by atoms with van der Waals surface area (Å²) in [4.78, 5) is 28.3. The predicted octanol–water partition coefficient (Wildman–Crippen LogP) is 2.09. The van der Waals surface area contributed by atoms with Gasteiger partial charge in [-0.2, -0.15) is 0 Å². The first-order valence-electron chi connectivity index (χ1n) is 8.70. The van der Waals surface area contributed by atoms with E-state index in [0.717, 1.165) is 17.3 Å². The summed E-state index contributed by atoms with van der Waals surface area (Å²) in [7, 11) is -1.51. The molecule has 3 rings (SSSR count). The van der Waals surface area contributed by atoms with E-state index in [1.807, 2.05) is 36.4 Å². The minimum atomic E-state index is -3.09. The highest BCUT2D eigenvalue weighted by Crippen LogP contribution is 2.31. The molecular formula is C19H20N2O4S3. The summed E-state index contributed by atoms with van der Waals surface area (Å²) in [6.07, 6.45) is 5.77.